The van der Waals surface area contributed by atoms with E-state index in [1.807, 2.05) is 0 Å². The quantitative estimate of drug-likeness (QED) is 0.502. The van der Waals surface area contributed by atoms with Crippen molar-refractivity contribution in [1.82, 2.24) is 0 Å². The smallest absolute Gasteiger partial charge is 0.0192 e. The first-order valence-electron chi connectivity index (χ1n) is 2.48. The SMILES string of the molecule is N[CH]CCC[CH]N. The second-order valence-corrected chi connectivity index (χ2v) is 1.40. The summed E-state index contributed by atoms with van der Waals surface area (Å²) in [7, 11) is 0. The number of hydrogen-bond donors (Lipinski definition) is 2. The Morgan fingerprint density at radius 2 is 1.43 bits per heavy atom. The van der Waals surface area contributed by atoms with Gasteiger partial charge in [0.25, 0.3) is 0 Å². The molecule has 0 saturated heterocycles. The summed E-state index contributed by atoms with van der Waals surface area (Å²) in [5.41, 5.74) is 10.2. The molecule has 7 heavy (non-hydrogen) atoms. The molecule has 2 radical (unpaired) electrons. The van der Waals surface area contributed by atoms with Crippen molar-refractivity contribution in [1.29, 1.82) is 0 Å². The first kappa shape index (κ1) is 6.92. The van der Waals surface area contributed by atoms with E-state index < -0.39 is 0 Å². The standard InChI is InChI=1S/C5H12N2/c6-4-2-1-3-5-7/h4-5H,1-3,6-7H2. The van der Waals surface area contributed by atoms with Gasteiger partial charge in [-0.05, 0) is 12.8 Å². The van der Waals surface area contributed by atoms with E-state index in [1.165, 1.54) is 0 Å². The molecular formula is C5H12N2. The van der Waals surface area contributed by atoms with Crippen molar-refractivity contribution in [2.45, 2.75) is 19.3 Å². The minimum Gasteiger partial charge on any atom is -0.326 e. The third kappa shape index (κ3) is 5.92. The van der Waals surface area contributed by atoms with Gasteiger partial charge in [0, 0.05) is 13.1 Å². The zero-order chi connectivity index (χ0) is 5.54. The molecule has 2 nitrogen and oxygen atoms in total. The lowest BCUT2D eigenvalue weighted by Crippen LogP contribution is -1.93. The number of hydrogen-bond acceptors (Lipinski definition) is 2. The molecule has 0 heterocycles. The van der Waals surface area contributed by atoms with Gasteiger partial charge in [-0.2, -0.15) is 0 Å². The third-order valence-electron chi connectivity index (χ3n) is 0.742. The van der Waals surface area contributed by atoms with E-state index in [-0.39, 0.29) is 0 Å². The molecule has 0 spiro atoms. The molecule has 0 unspecified atom stereocenters. The molecule has 42 valence electrons. The maximum atomic E-state index is 5.09. The lowest BCUT2D eigenvalue weighted by Gasteiger charge is -1.90. The molecule has 4 N–H and O–H groups in total. The van der Waals surface area contributed by atoms with Crippen LogP contribution in [0.15, 0.2) is 0 Å². The molecule has 0 aromatic rings. The molecule has 0 fully saturated rings. The molecule has 0 aliphatic rings. The lowest BCUT2D eigenvalue weighted by atomic mass is 10.2. The van der Waals surface area contributed by atoms with E-state index in [9.17, 15) is 0 Å². The van der Waals surface area contributed by atoms with Gasteiger partial charge >= 0.3 is 0 Å². The largest absolute Gasteiger partial charge is 0.326 e. The molecule has 0 aliphatic heterocycles. The first-order valence-corrected chi connectivity index (χ1v) is 2.48. The number of nitrogens with two attached hydrogens (primary N) is 2. The Labute approximate surface area is 44.9 Å². The van der Waals surface area contributed by atoms with Crippen LogP contribution in [0.1, 0.15) is 19.3 Å². The van der Waals surface area contributed by atoms with E-state index in [0.717, 1.165) is 19.3 Å². The molecule has 2 heteroatoms. The van der Waals surface area contributed by atoms with E-state index in [4.69, 9.17) is 11.5 Å². The highest BCUT2D eigenvalue weighted by molar-refractivity contribution is 4.58. The Bertz CT molecular complexity index is 25.3. The fraction of sp³-hybridized carbons (Fsp3) is 0.600. The van der Waals surface area contributed by atoms with Crippen LogP contribution in [0.2, 0.25) is 0 Å². The fourth-order valence-corrected chi connectivity index (χ4v) is 0.354. The summed E-state index contributed by atoms with van der Waals surface area (Å²) in [5, 5.41) is 0. The van der Waals surface area contributed by atoms with Crippen LogP contribution in [0.25, 0.3) is 0 Å². The predicted molar refractivity (Wildman–Crippen MR) is 30.8 cm³/mol. The summed E-state index contributed by atoms with van der Waals surface area (Å²) >= 11 is 0. The summed E-state index contributed by atoms with van der Waals surface area (Å²) in [6.45, 7) is 3.31. The highest BCUT2D eigenvalue weighted by Crippen LogP contribution is 1.93. The zero-order valence-electron chi connectivity index (χ0n) is 4.43. The van der Waals surface area contributed by atoms with Crippen molar-refractivity contribution in [2.24, 2.45) is 11.5 Å². The van der Waals surface area contributed by atoms with Gasteiger partial charge < -0.3 is 11.5 Å². The van der Waals surface area contributed by atoms with Crippen LogP contribution in [0.5, 0.6) is 0 Å². The van der Waals surface area contributed by atoms with Crippen molar-refractivity contribution in [2.75, 3.05) is 0 Å². The van der Waals surface area contributed by atoms with E-state index in [1.54, 1.807) is 13.1 Å². The summed E-state index contributed by atoms with van der Waals surface area (Å²) in [5.74, 6) is 0. The van der Waals surface area contributed by atoms with Crippen molar-refractivity contribution in [3.05, 3.63) is 13.1 Å². The van der Waals surface area contributed by atoms with Crippen molar-refractivity contribution < 1.29 is 0 Å². The Hall–Kier alpha value is -0.0800. The van der Waals surface area contributed by atoms with E-state index in [2.05, 4.69) is 0 Å². The van der Waals surface area contributed by atoms with Crippen LogP contribution in [-0.2, 0) is 0 Å². The van der Waals surface area contributed by atoms with Gasteiger partial charge in [-0.15, -0.1) is 0 Å². The minimum absolute atomic E-state index is 0.966. The Kier molecular flexibility index (Phi) is 5.85. The highest BCUT2D eigenvalue weighted by atomic mass is 14.5. The Morgan fingerprint density at radius 3 is 1.71 bits per heavy atom. The molecule has 0 amide bonds. The second-order valence-electron chi connectivity index (χ2n) is 1.40. The van der Waals surface area contributed by atoms with Crippen molar-refractivity contribution in [3.63, 3.8) is 0 Å². The van der Waals surface area contributed by atoms with Crippen molar-refractivity contribution >= 4 is 0 Å². The van der Waals surface area contributed by atoms with E-state index >= 15 is 0 Å². The van der Waals surface area contributed by atoms with Gasteiger partial charge in [-0.3, -0.25) is 0 Å². The van der Waals surface area contributed by atoms with Crippen molar-refractivity contribution in [3.8, 4) is 0 Å². The topological polar surface area (TPSA) is 52.0 Å². The van der Waals surface area contributed by atoms with Crippen LogP contribution in [-0.4, -0.2) is 0 Å². The van der Waals surface area contributed by atoms with Gasteiger partial charge in [-0.1, -0.05) is 6.42 Å². The van der Waals surface area contributed by atoms with Crippen LogP contribution in [0.4, 0.5) is 0 Å². The van der Waals surface area contributed by atoms with Gasteiger partial charge in [0.1, 0.15) is 0 Å². The maximum Gasteiger partial charge on any atom is 0.0192 e. The normalized spacial score (nSPS) is 9.43. The monoisotopic (exact) mass is 100 g/mol. The summed E-state index contributed by atoms with van der Waals surface area (Å²) < 4.78 is 0. The maximum absolute atomic E-state index is 5.09. The molecular weight excluding hydrogens is 88.1 g/mol. The number of rotatable bonds is 4. The Balaban J connectivity index is 2.45. The first-order chi connectivity index (χ1) is 3.41. The molecule has 0 aromatic heterocycles. The van der Waals surface area contributed by atoms with Crippen LogP contribution >= 0.6 is 0 Å². The lowest BCUT2D eigenvalue weighted by molar-refractivity contribution is 0.782. The second kappa shape index (κ2) is 5.92. The fourth-order valence-electron chi connectivity index (χ4n) is 0.354. The summed E-state index contributed by atoms with van der Waals surface area (Å²) in [6.07, 6.45) is 3.01. The van der Waals surface area contributed by atoms with E-state index in [0.29, 0.717) is 0 Å². The van der Waals surface area contributed by atoms with Gasteiger partial charge in [0.05, 0.1) is 0 Å². The molecule has 0 rings (SSSR count). The average Bonchev–Trinajstić information content (AvgIpc) is 1.69. The molecule has 0 atom stereocenters. The van der Waals surface area contributed by atoms with Crippen LogP contribution < -0.4 is 11.5 Å². The predicted octanol–water partition coefficient (Wildman–Crippen LogP) is 0.398. The van der Waals surface area contributed by atoms with Crippen LogP contribution in [0, 0.1) is 13.1 Å². The van der Waals surface area contributed by atoms with Gasteiger partial charge in [-0.25, -0.2) is 0 Å². The molecule has 0 aromatic carbocycles. The van der Waals surface area contributed by atoms with Gasteiger partial charge in [0.2, 0.25) is 0 Å². The average molecular weight is 100 g/mol. The molecule has 0 bridgehead atoms. The van der Waals surface area contributed by atoms with Crippen LogP contribution in [0.3, 0.4) is 0 Å². The minimum atomic E-state index is 0.966. The van der Waals surface area contributed by atoms with Gasteiger partial charge in [0.15, 0.2) is 0 Å². The summed E-state index contributed by atoms with van der Waals surface area (Å²) in [4.78, 5) is 0. The summed E-state index contributed by atoms with van der Waals surface area (Å²) in [6, 6.07) is 0. The molecule has 0 saturated carbocycles. The Morgan fingerprint density at radius 1 is 1.00 bits per heavy atom. The highest BCUT2D eigenvalue weighted by Gasteiger charge is 1.81. The molecule has 0 aliphatic carbocycles. The zero-order valence-corrected chi connectivity index (χ0v) is 4.43. The third-order valence-corrected chi connectivity index (χ3v) is 0.742. The number of unbranched alkanes of at least 4 members (excludes halogenated alkanes) is 2.